The van der Waals surface area contributed by atoms with E-state index in [2.05, 4.69) is 0 Å². The van der Waals surface area contributed by atoms with Gasteiger partial charge in [0.05, 0.1) is 0 Å². The van der Waals surface area contributed by atoms with Crippen LogP contribution in [0.3, 0.4) is 0 Å². The summed E-state index contributed by atoms with van der Waals surface area (Å²) in [6, 6.07) is 23.0. The Hall–Kier alpha value is -3.32. The van der Waals surface area contributed by atoms with E-state index in [0.717, 1.165) is 16.9 Å². The fourth-order valence-corrected chi connectivity index (χ4v) is 2.63. The Bertz CT molecular complexity index is 940. The number of benzene rings is 2. The van der Waals surface area contributed by atoms with Crippen molar-refractivity contribution in [2.75, 3.05) is 0 Å². The van der Waals surface area contributed by atoms with E-state index in [1.165, 1.54) is 6.07 Å². The summed E-state index contributed by atoms with van der Waals surface area (Å²) in [5.74, 6) is 0.816. The lowest BCUT2D eigenvalue weighted by Crippen LogP contribution is -2.22. The number of pyridine rings is 1. The second kappa shape index (κ2) is 7.98. The number of para-hydroxylation sites is 1. The first-order valence-electron chi connectivity index (χ1n) is 8.12. The Labute approximate surface area is 146 Å². The van der Waals surface area contributed by atoms with Gasteiger partial charge in [0.25, 0.3) is 5.56 Å². The quantitative estimate of drug-likeness (QED) is 0.694. The summed E-state index contributed by atoms with van der Waals surface area (Å²) in [5.41, 5.74) is 2.05. The van der Waals surface area contributed by atoms with E-state index >= 15 is 0 Å². The van der Waals surface area contributed by atoms with Crippen LogP contribution in [0.2, 0.25) is 0 Å². The third-order valence-corrected chi connectivity index (χ3v) is 3.97. The molecule has 0 radical (unpaired) electrons. The monoisotopic (exact) mass is 330 g/mol. The van der Waals surface area contributed by atoms with Crippen LogP contribution in [0.4, 0.5) is 0 Å². The van der Waals surface area contributed by atoms with Gasteiger partial charge >= 0.3 is 0 Å². The molecule has 0 unspecified atom stereocenters. The summed E-state index contributed by atoms with van der Waals surface area (Å²) in [4.78, 5) is 12.1. The zero-order chi connectivity index (χ0) is 17.5. The highest BCUT2D eigenvalue weighted by atomic mass is 16.5. The van der Waals surface area contributed by atoms with Gasteiger partial charge in [0.2, 0.25) is 0 Å². The number of hydrogen-bond donors (Lipinski definition) is 0. The van der Waals surface area contributed by atoms with Gasteiger partial charge in [-0.3, -0.25) is 4.79 Å². The van der Waals surface area contributed by atoms with Crippen molar-refractivity contribution in [3.8, 4) is 11.8 Å². The van der Waals surface area contributed by atoms with Crippen LogP contribution in [0.1, 0.15) is 16.7 Å². The number of nitriles is 1. The summed E-state index contributed by atoms with van der Waals surface area (Å²) in [5, 5.41) is 8.97. The lowest BCUT2D eigenvalue weighted by molar-refractivity contribution is 0.302. The fraction of sp³-hybridized carbons (Fsp3) is 0.143. The predicted molar refractivity (Wildman–Crippen MR) is 96.3 cm³/mol. The topological polar surface area (TPSA) is 55.0 Å². The first-order chi connectivity index (χ1) is 12.3. The Morgan fingerprint density at radius 1 is 0.960 bits per heavy atom. The third-order valence-electron chi connectivity index (χ3n) is 3.97. The molecule has 0 aliphatic rings. The van der Waals surface area contributed by atoms with Gasteiger partial charge in [-0.2, -0.15) is 5.26 Å². The molecule has 25 heavy (non-hydrogen) atoms. The minimum atomic E-state index is -0.257. The van der Waals surface area contributed by atoms with Gasteiger partial charge in [0.15, 0.2) is 0 Å². The molecule has 124 valence electrons. The molecule has 0 amide bonds. The average Bonchev–Trinajstić information content (AvgIpc) is 2.67. The number of ether oxygens (including phenoxy) is 1. The molecule has 0 saturated heterocycles. The van der Waals surface area contributed by atoms with Gasteiger partial charge in [-0.05, 0) is 35.7 Å². The van der Waals surface area contributed by atoms with Gasteiger partial charge in [0, 0.05) is 12.7 Å². The van der Waals surface area contributed by atoms with Crippen molar-refractivity contribution < 1.29 is 4.74 Å². The van der Waals surface area contributed by atoms with Crippen LogP contribution in [0.25, 0.3) is 0 Å². The maximum Gasteiger partial charge on any atom is 0.268 e. The standard InChI is InChI=1S/C21H18N2O2/c22-15-19-10-6-13-23(21(19)24)14-12-18-9-4-5-11-20(18)25-16-17-7-2-1-3-8-17/h1-11,13H,12,14,16H2. The second-order valence-corrected chi connectivity index (χ2v) is 5.66. The Kier molecular flexibility index (Phi) is 5.28. The van der Waals surface area contributed by atoms with Gasteiger partial charge in [-0.1, -0.05) is 48.5 Å². The van der Waals surface area contributed by atoms with Gasteiger partial charge < -0.3 is 9.30 Å². The molecule has 0 saturated carbocycles. The van der Waals surface area contributed by atoms with Crippen LogP contribution in [0, 0.1) is 11.3 Å². The summed E-state index contributed by atoms with van der Waals surface area (Å²) in [6.07, 6.45) is 2.36. The minimum absolute atomic E-state index is 0.163. The summed E-state index contributed by atoms with van der Waals surface area (Å²) in [7, 11) is 0. The molecule has 3 rings (SSSR count). The first-order valence-corrected chi connectivity index (χ1v) is 8.12. The number of aryl methyl sites for hydroxylation is 2. The van der Waals surface area contributed by atoms with Crippen LogP contribution in [-0.2, 0) is 19.6 Å². The van der Waals surface area contributed by atoms with E-state index < -0.39 is 0 Å². The van der Waals surface area contributed by atoms with Crippen molar-refractivity contribution in [1.82, 2.24) is 4.57 Å². The molecule has 0 bridgehead atoms. The predicted octanol–water partition coefficient (Wildman–Crippen LogP) is 3.54. The Morgan fingerprint density at radius 3 is 2.52 bits per heavy atom. The summed E-state index contributed by atoms with van der Waals surface area (Å²) in [6.45, 7) is 1.00. The molecule has 0 N–H and O–H groups in total. The van der Waals surface area contributed by atoms with Crippen LogP contribution >= 0.6 is 0 Å². The Balaban J connectivity index is 1.71. The van der Waals surface area contributed by atoms with Crippen molar-refractivity contribution in [1.29, 1.82) is 5.26 Å². The number of hydrogen-bond acceptors (Lipinski definition) is 3. The van der Waals surface area contributed by atoms with Crippen molar-refractivity contribution in [2.24, 2.45) is 0 Å². The second-order valence-electron chi connectivity index (χ2n) is 5.66. The van der Waals surface area contributed by atoms with Crippen molar-refractivity contribution in [3.05, 3.63) is 100.0 Å². The summed E-state index contributed by atoms with van der Waals surface area (Å²) >= 11 is 0. The van der Waals surface area contributed by atoms with Crippen molar-refractivity contribution in [3.63, 3.8) is 0 Å². The Morgan fingerprint density at radius 2 is 1.72 bits per heavy atom. The molecule has 0 atom stereocenters. The van der Waals surface area contributed by atoms with E-state index in [9.17, 15) is 4.79 Å². The highest BCUT2D eigenvalue weighted by Gasteiger charge is 2.06. The smallest absolute Gasteiger partial charge is 0.268 e. The molecule has 3 aromatic rings. The van der Waals surface area contributed by atoms with E-state index in [0.29, 0.717) is 19.6 Å². The molecule has 2 aromatic carbocycles. The largest absolute Gasteiger partial charge is 0.489 e. The van der Waals surface area contributed by atoms with Crippen molar-refractivity contribution >= 4 is 0 Å². The molecule has 0 fully saturated rings. The normalized spacial score (nSPS) is 10.2. The SMILES string of the molecule is N#Cc1cccn(CCc2ccccc2OCc2ccccc2)c1=O. The molecule has 4 heteroatoms. The number of rotatable bonds is 6. The zero-order valence-corrected chi connectivity index (χ0v) is 13.8. The van der Waals surface area contributed by atoms with Crippen molar-refractivity contribution in [2.45, 2.75) is 19.6 Å². The lowest BCUT2D eigenvalue weighted by Gasteiger charge is -2.12. The maximum absolute atomic E-state index is 12.1. The minimum Gasteiger partial charge on any atom is -0.489 e. The first kappa shape index (κ1) is 16.5. The van der Waals surface area contributed by atoms with Crippen LogP contribution < -0.4 is 10.3 Å². The van der Waals surface area contributed by atoms with E-state index in [1.54, 1.807) is 16.8 Å². The van der Waals surface area contributed by atoms with Crippen LogP contribution in [-0.4, -0.2) is 4.57 Å². The van der Waals surface area contributed by atoms with E-state index in [-0.39, 0.29) is 11.1 Å². The highest BCUT2D eigenvalue weighted by molar-refractivity contribution is 5.34. The molecule has 4 nitrogen and oxygen atoms in total. The summed E-state index contributed by atoms with van der Waals surface area (Å²) < 4.78 is 7.51. The number of nitrogens with zero attached hydrogens (tertiary/aromatic N) is 2. The average molecular weight is 330 g/mol. The van der Waals surface area contributed by atoms with Crippen LogP contribution in [0.5, 0.6) is 5.75 Å². The van der Waals surface area contributed by atoms with Gasteiger partial charge in [-0.15, -0.1) is 0 Å². The third kappa shape index (κ3) is 4.15. The van der Waals surface area contributed by atoms with Gasteiger partial charge in [0.1, 0.15) is 24.0 Å². The molecular formula is C21H18N2O2. The molecule has 1 heterocycles. The molecule has 1 aromatic heterocycles. The lowest BCUT2D eigenvalue weighted by atomic mass is 10.1. The van der Waals surface area contributed by atoms with Gasteiger partial charge in [-0.25, -0.2) is 0 Å². The highest BCUT2D eigenvalue weighted by Crippen LogP contribution is 2.20. The molecule has 0 aliphatic heterocycles. The van der Waals surface area contributed by atoms with Crippen LogP contribution in [0.15, 0.2) is 77.7 Å². The molecule has 0 aliphatic carbocycles. The molecule has 0 spiro atoms. The number of aromatic nitrogens is 1. The van der Waals surface area contributed by atoms with E-state index in [4.69, 9.17) is 10.00 Å². The molecular weight excluding hydrogens is 312 g/mol. The van der Waals surface area contributed by atoms with E-state index in [1.807, 2.05) is 60.7 Å². The zero-order valence-electron chi connectivity index (χ0n) is 13.8. The fourth-order valence-electron chi connectivity index (χ4n) is 2.63. The maximum atomic E-state index is 12.1.